The van der Waals surface area contributed by atoms with E-state index >= 15 is 0 Å². The van der Waals surface area contributed by atoms with Crippen LogP contribution in [0, 0.1) is 0 Å². The number of fused-ring (bicyclic) bond motifs is 1. The average molecular weight is 226 g/mol. The summed E-state index contributed by atoms with van der Waals surface area (Å²) < 4.78 is 1.27. The lowest BCUT2D eigenvalue weighted by atomic mass is 9.89. The largest absolute Gasteiger partial charge is 0.507 e. The maximum absolute atomic E-state index is 9.37. The normalized spacial score (nSPS) is 10.8. The Hall–Kier alpha value is -0.685. The lowest BCUT2D eigenvalue weighted by Crippen LogP contribution is -2.26. The monoisotopic (exact) mass is 226 g/mol. The Labute approximate surface area is 90.2 Å². The molecule has 0 aliphatic carbocycles. The van der Waals surface area contributed by atoms with Gasteiger partial charge in [0, 0.05) is 14.4 Å². The summed E-state index contributed by atoms with van der Waals surface area (Å²) in [4.78, 5) is 0.481. The molecule has 0 unspecified atom stereocenters. The van der Waals surface area contributed by atoms with E-state index in [0.717, 1.165) is 10.1 Å². The molecule has 1 aromatic carbocycles. The maximum Gasteiger partial charge on any atom is 0.499 e. The number of rotatable bonds is 1. The molecule has 14 heavy (non-hydrogen) atoms. The number of thiol groups is 1. The van der Waals surface area contributed by atoms with Crippen molar-refractivity contribution in [3.05, 3.63) is 18.2 Å². The Balaban J connectivity index is 2.66. The molecule has 72 valence electrons. The smallest absolute Gasteiger partial charge is 0.499 e. The van der Waals surface area contributed by atoms with Crippen LogP contribution in [0.5, 0.6) is 5.75 Å². The van der Waals surface area contributed by atoms with Crippen LogP contribution < -0.4 is 4.78 Å². The van der Waals surface area contributed by atoms with Crippen molar-refractivity contribution in [1.29, 1.82) is 0 Å². The first kappa shape index (κ1) is 9.85. The second-order valence-corrected chi connectivity index (χ2v) is 4.50. The summed E-state index contributed by atoms with van der Waals surface area (Å²) >= 11 is 5.30. The van der Waals surface area contributed by atoms with Crippen molar-refractivity contribution in [1.82, 2.24) is 0 Å². The van der Waals surface area contributed by atoms with Gasteiger partial charge in [-0.2, -0.15) is 0 Å². The van der Waals surface area contributed by atoms with Crippen LogP contribution in [0.1, 0.15) is 0 Å². The van der Waals surface area contributed by atoms with Gasteiger partial charge in [-0.05, 0) is 23.6 Å². The summed E-state index contributed by atoms with van der Waals surface area (Å²) in [6.07, 6.45) is 0. The Morgan fingerprint density at radius 2 is 1.93 bits per heavy atom. The minimum Gasteiger partial charge on any atom is -0.507 e. The quantitative estimate of drug-likeness (QED) is 0.425. The molecule has 3 N–H and O–H groups in total. The van der Waals surface area contributed by atoms with Gasteiger partial charge >= 0.3 is 7.12 Å². The summed E-state index contributed by atoms with van der Waals surface area (Å²) in [6, 6.07) is 4.92. The van der Waals surface area contributed by atoms with Crippen molar-refractivity contribution in [3.63, 3.8) is 0 Å². The molecule has 6 heteroatoms. The third-order valence-electron chi connectivity index (χ3n) is 1.89. The van der Waals surface area contributed by atoms with E-state index in [0.29, 0.717) is 9.67 Å². The zero-order chi connectivity index (χ0) is 10.3. The SMILES string of the molecule is OB(O)c1cc2cc(S)c(O)cc2s1. The summed E-state index contributed by atoms with van der Waals surface area (Å²) in [5, 5.41) is 28.1. The van der Waals surface area contributed by atoms with E-state index in [2.05, 4.69) is 12.6 Å². The topological polar surface area (TPSA) is 60.7 Å². The minimum absolute atomic E-state index is 0.0988. The molecule has 0 aliphatic rings. The van der Waals surface area contributed by atoms with Crippen LogP contribution in [0.3, 0.4) is 0 Å². The summed E-state index contributed by atoms with van der Waals surface area (Å²) in [7, 11) is -1.46. The van der Waals surface area contributed by atoms with E-state index in [1.54, 1.807) is 18.2 Å². The van der Waals surface area contributed by atoms with E-state index in [1.807, 2.05) is 0 Å². The van der Waals surface area contributed by atoms with Gasteiger partial charge in [-0.3, -0.25) is 0 Å². The first-order chi connectivity index (χ1) is 6.58. The number of hydrogen-bond donors (Lipinski definition) is 4. The van der Waals surface area contributed by atoms with Crippen LogP contribution in [0.4, 0.5) is 0 Å². The number of benzene rings is 1. The Bertz CT molecular complexity index is 442. The van der Waals surface area contributed by atoms with Crippen LogP contribution >= 0.6 is 24.0 Å². The third kappa shape index (κ3) is 1.61. The van der Waals surface area contributed by atoms with Crippen LogP contribution in [-0.4, -0.2) is 22.3 Å². The van der Waals surface area contributed by atoms with Gasteiger partial charge in [-0.1, -0.05) is 0 Å². The van der Waals surface area contributed by atoms with Gasteiger partial charge in [0.05, 0.1) is 0 Å². The summed E-state index contributed by atoms with van der Waals surface area (Å²) in [5.74, 6) is 0.0988. The fourth-order valence-corrected chi connectivity index (χ4v) is 2.37. The molecule has 0 spiro atoms. The Kier molecular flexibility index (Phi) is 2.44. The predicted octanol–water partition coefficient (Wildman–Crippen LogP) is 0.575. The molecule has 2 rings (SSSR count). The molecular weight excluding hydrogens is 219 g/mol. The molecular formula is C8H7BO3S2. The molecule has 3 nitrogen and oxygen atoms in total. The molecule has 0 radical (unpaired) electrons. The van der Waals surface area contributed by atoms with Crippen molar-refractivity contribution in [2.45, 2.75) is 4.90 Å². The van der Waals surface area contributed by atoms with Gasteiger partial charge < -0.3 is 15.2 Å². The standard InChI is InChI=1S/C8H7BO3S2/c10-5-3-7-4(1-6(5)13)2-8(14-7)9(11)12/h1-3,10-13H. The second-order valence-electron chi connectivity index (χ2n) is 2.90. The second kappa shape index (κ2) is 3.47. The molecule has 0 saturated carbocycles. The van der Waals surface area contributed by atoms with Crippen molar-refractivity contribution in [2.24, 2.45) is 0 Å². The highest BCUT2D eigenvalue weighted by Gasteiger charge is 2.15. The van der Waals surface area contributed by atoms with Gasteiger partial charge in [0.1, 0.15) is 5.75 Å². The van der Waals surface area contributed by atoms with Crippen molar-refractivity contribution in [3.8, 4) is 5.75 Å². The van der Waals surface area contributed by atoms with Crippen LogP contribution in [0.25, 0.3) is 10.1 Å². The Morgan fingerprint density at radius 1 is 1.21 bits per heavy atom. The number of aromatic hydroxyl groups is 1. The predicted molar refractivity (Wildman–Crippen MR) is 60.6 cm³/mol. The molecule has 1 heterocycles. The minimum atomic E-state index is -1.46. The molecule has 0 aliphatic heterocycles. The van der Waals surface area contributed by atoms with E-state index in [-0.39, 0.29) is 5.75 Å². The van der Waals surface area contributed by atoms with Gasteiger partial charge in [-0.25, -0.2) is 0 Å². The molecule has 0 fully saturated rings. The van der Waals surface area contributed by atoms with Gasteiger partial charge in [-0.15, -0.1) is 24.0 Å². The number of hydrogen-bond acceptors (Lipinski definition) is 5. The molecule has 0 saturated heterocycles. The number of thiophene rings is 1. The molecule has 0 atom stereocenters. The summed E-state index contributed by atoms with van der Waals surface area (Å²) in [5.41, 5.74) is 0. The van der Waals surface area contributed by atoms with Gasteiger partial charge in [0.25, 0.3) is 0 Å². The molecule has 0 bridgehead atoms. The highest BCUT2D eigenvalue weighted by molar-refractivity contribution is 7.80. The van der Waals surface area contributed by atoms with Crippen molar-refractivity contribution < 1.29 is 15.2 Å². The van der Waals surface area contributed by atoms with Crippen LogP contribution in [0.2, 0.25) is 0 Å². The zero-order valence-corrected chi connectivity index (χ0v) is 8.72. The highest BCUT2D eigenvalue weighted by Crippen LogP contribution is 2.29. The highest BCUT2D eigenvalue weighted by atomic mass is 32.1. The third-order valence-corrected chi connectivity index (χ3v) is 3.38. The van der Waals surface area contributed by atoms with E-state index in [4.69, 9.17) is 10.0 Å². The first-order valence-corrected chi connectivity index (χ1v) is 5.16. The molecule has 0 amide bonds. The van der Waals surface area contributed by atoms with Gasteiger partial charge in [0.15, 0.2) is 0 Å². The van der Waals surface area contributed by atoms with E-state index in [1.165, 1.54) is 11.3 Å². The molecule has 1 aromatic heterocycles. The van der Waals surface area contributed by atoms with E-state index < -0.39 is 7.12 Å². The zero-order valence-electron chi connectivity index (χ0n) is 7.01. The lowest BCUT2D eigenvalue weighted by molar-refractivity contribution is 0.427. The fraction of sp³-hybridized carbons (Fsp3) is 0. The van der Waals surface area contributed by atoms with Gasteiger partial charge in [0.2, 0.25) is 0 Å². The number of phenolic OH excluding ortho intramolecular Hbond substituents is 1. The van der Waals surface area contributed by atoms with Crippen molar-refractivity contribution in [2.75, 3.05) is 0 Å². The molecule has 2 aromatic rings. The van der Waals surface area contributed by atoms with E-state index in [9.17, 15) is 5.11 Å². The average Bonchev–Trinajstić information content (AvgIpc) is 2.48. The summed E-state index contributed by atoms with van der Waals surface area (Å²) in [6.45, 7) is 0. The fourth-order valence-electron chi connectivity index (χ4n) is 1.21. The van der Waals surface area contributed by atoms with Crippen molar-refractivity contribution >= 4 is 45.9 Å². The first-order valence-electron chi connectivity index (χ1n) is 3.89. The Morgan fingerprint density at radius 3 is 2.57 bits per heavy atom. The van der Waals surface area contributed by atoms with Crippen LogP contribution in [-0.2, 0) is 0 Å². The lowest BCUT2D eigenvalue weighted by Gasteiger charge is -1.95. The number of phenols is 1. The van der Waals surface area contributed by atoms with Crippen LogP contribution in [0.15, 0.2) is 23.1 Å². The maximum atomic E-state index is 9.37.